The first kappa shape index (κ1) is 25.3. The normalized spacial score (nSPS) is 20.4. The van der Waals surface area contributed by atoms with Crippen molar-refractivity contribution in [1.29, 1.82) is 0 Å². The Labute approximate surface area is 211 Å². The molecule has 35 heavy (non-hydrogen) atoms. The number of methoxy groups -OCH3 is 1. The van der Waals surface area contributed by atoms with Gasteiger partial charge in [-0.05, 0) is 62.1 Å². The van der Waals surface area contributed by atoms with Gasteiger partial charge in [0.1, 0.15) is 23.5 Å². The van der Waals surface area contributed by atoms with E-state index in [0.29, 0.717) is 29.5 Å². The summed E-state index contributed by atoms with van der Waals surface area (Å²) >= 11 is 6.16. The number of aromatic nitrogens is 1. The molecule has 1 atom stereocenters. The largest absolute Gasteiger partial charge is 0.490 e. The number of hydrogen-bond donors (Lipinski definition) is 0. The van der Waals surface area contributed by atoms with Gasteiger partial charge in [0.25, 0.3) is 5.91 Å². The van der Waals surface area contributed by atoms with Crippen LogP contribution in [0.25, 0.3) is 0 Å². The van der Waals surface area contributed by atoms with E-state index < -0.39 is 5.60 Å². The fourth-order valence-electron chi connectivity index (χ4n) is 4.60. The summed E-state index contributed by atoms with van der Waals surface area (Å²) in [6.45, 7) is 4.45. The van der Waals surface area contributed by atoms with Crippen molar-refractivity contribution in [2.24, 2.45) is 0 Å². The molecule has 0 spiro atoms. The Hall–Kier alpha value is -2.84. The van der Waals surface area contributed by atoms with Crippen LogP contribution in [0.2, 0.25) is 5.02 Å². The number of nitrogens with zero attached hydrogens (tertiary/aromatic N) is 3. The Kier molecular flexibility index (Phi) is 8.13. The van der Waals surface area contributed by atoms with E-state index in [9.17, 15) is 9.59 Å². The molecule has 0 radical (unpaired) electrons. The Morgan fingerprint density at radius 1 is 1.14 bits per heavy atom. The van der Waals surface area contributed by atoms with Gasteiger partial charge in [-0.3, -0.25) is 9.59 Å². The van der Waals surface area contributed by atoms with Gasteiger partial charge in [0.2, 0.25) is 11.8 Å². The number of pyridine rings is 1. The van der Waals surface area contributed by atoms with Gasteiger partial charge in [0.05, 0.1) is 26.7 Å². The molecule has 2 aliphatic heterocycles. The van der Waals surface area contributed by atoms with Gasteiger partial charge in [0, 0.05) is 30.9 Å². The molecule has 2 saturated heterocycles. The summed E-state index contributed by atoms with van der Waals surface area (Å²) in [5.41, 5.74) is 0.292. The summed E-state index contributed by atoms with van der Waals surface area (Å²) in [7, 11) is 1.49. The zero-order valence-electron chi connectivity index (χ0n) is 20.3. The summed E-state index contributed by atoms with van der Waals surface area (Å²) in [6.07, 6.45) is 4.86. The third kappa shape index (κ3) is 6.05. The van der Waals surface area contributed by atoms with Gasteiger partial charge < -0.3 is 24.0 Å². The number of ether oxygens (including phenoxy) is 3. The molecule has 0 aliphatic carbocycles. The fourth-order valence-corrected chi connectivity index (χ4v) is 4.72. The topological polar surface area (TPSA) is 81.2 Å². The SMILES string of the molecule is COc1ncccc1C(=O)N1CCOC(COc2ccc(Cl)c(C)c2)(CC(=O)N2CCCCC2)C1. The zero-order chi connectivity index (χ0) is 24.8. The van der Waals surface area contributed by atoms with Crippen LogP contribution in [-0.2, 0) is 9.53 Å². The second-order valence-electron chi connectivity index (χ2n) is 9.14. The van der Waals surface area contributed by atoms with Gasteiger partial charge in [-0.15, -0.1) is 0 Å². The molecule has 0 bridgehead atoms. The van der Waals surface area contributed by atoms with E-state index >= 15 is 0 Å². The minimum Gasteiger partial charge on any atom is -0.490 e. The van der Waals surface area contributed by atoms with Gasteiger partial charge >= 0.3 is 0 Å². The summed E-state index contributed by atoms with van der Waals surface area (Å²) < 4.78 is 17.7. The molecule has 188 valence electrons. The molecule has 2 fully saturated rings. The molecular weight excluding hydrogens is 470 g/mol. The number of likely N-dealkylation sites (tertiary alicyclic amines) is 1. The maximum Gasteiger partial charge on any atom is 0.259 e. The molecular formula is C26H32ClN3O5. The van der Waals surface area contributed by atoms with Gasteiger partial charge in [-0.25, -0.2) is 4.98 Å². The highest BCUT2D eigenvalue weighted by Gasteiger charge is 2.43. The number of carbonyl (C=O) groups is 2. The van der Waals surface area contributed by atoms with Gasteiger partial charge in [-0.1, -0.05) is 11.6 Å². The number of halogens is 1. The standard InChI is InChI=1S/C26H32ClN3O5/c1-19-15-20(8-9-22(19)27)34-18-26(16-23(31)29-11-4-3-5-12-29)17-30(13-14-35-26)25(32)21-7-6-10-28-24(21)33-2/h6-10,15H,3-5,11-14,16-18H2,1-2H3. The first-order chi connectivity index (χ1) is 16.9. The minimum atomic E-state index is -0.981. The van der Waals surface area contributed by atoms with Crippen molar-refractivity contribution < 1.29 is 23.8 Å². The average Bonchev–Trinajstić information content (AvgIpc) is 2.89. The van der Waals surface area contributed by atoms with Crippen LogP contribution in [0.3, 0.4) is 0 Å². The molecule has 1 aromatic heterocycles. The molecule has 1 aromatic carbocycles. The number of amides is 2. The Morgan fingerprint density at radius 2 is 1.94 bits per heavy atom. The Bertz CT molecular complexity index is 1060. The molecule has 3 heterocycles. The van der Waals surface area contributed by atoms with E-state index in [1.165, 1.54) is 7.11 Å². The van der Waals surface area contributed by atoms with E-state index in [2.05, 4.69) is 4.98 Å². The predicted molar refractivity (Wildman–Crippen MR) is 132 cm³/mol. The highest BCUT2D eigenvalue weighted by atomic mass is 35.5. The number of rotatable bonds is 7. The lowest BCUT2D eigenvalue weighted by atomic mass is 9.95. The van der Waals surface area contributed by atoms with Gasteiger partial charge in [-0.2, -0.15) is 0 Å². The maximum absolute atomic E-state index is 13.4. The van der Waals surface area contributed by atoms with Crippen LogP contribution in [0.15, 0.2) is 36.5 Å². The molecule has 2 amide bonds. The van der Waals surface area contributed by atoms with Crippen molar-refractivity contribution in [3.8, 4) is 11.6 Å². The van der Waals surface area contributed by atoms with Crippen LogP contribution in [0.1, 0.15) is 41.6 Å². The van der Waals surface area contributed by atoms with Crippen LogP contribution in [0.4, 0.5) is 0 Å². The van der Waals surface area contributed by atoms with E-state index in [1.807, 2.05) is 17.9 Å². The number of aryl methyl sites for hydroxylation is 1. The molecule has 4 rings (SSSR count). The summed E-state index contributed by atoms with van der Waals surface area (Å²) in [5.74, 6) is 0.716. The van der Waals surface area contributed by atoms with Crippen LogP contribution in [0.5, 0.6) is 11.6 Å². The number of piperidine rings is 1. The highest BCUT2D eigenvalue weighted by molar-refractivity contribution is 6.31. The first-order valence-electron chi connectivity index (χ1n) is 12.0. The second kappa shape index (κ2) is 11.3. The van der Waals surface area contributed by atoms with E-state index in [-0.39, 0.29) is 37.3 Å². The monoisotopic (exact) mass is 501 g/mol. The van der Waals surface area contributed by atoms with Crippen molar-refractivity contribution >= 4 is 23.4 Å². The first-order valence-corrected chi connectivity index (χ1v) is 12.4. The zero-order valence-corrected chi connectivity index (χ0v) is 21.1. The highest BCUT2D eigenvalue weighted by Crippen LogP contribution is 2.29. The average molecular weight is 502 g/mol. The van der Waals surface area contributed by atoms with Crippen LogP contribution in [-0.4, -0.2) is 78.7 Å². The number of hydrogen-bond acceptors (Lipinski definition) is 6. The molecule has 1 unspecified atom stereocenters. The van der Waals surface area contributed by atoms with Crippen molar-refractivity contribution in [3.63, 3.8) is 0 Å². The summed E-state index contributed by atoms with van der Waals surface area (Å²) in [4.78, 5) is 34.4. The number of benzene rings is 1. The number of morpholine rings is 1. The van der Waals surface area contributed by atoms with Crippen molar-refractivity contribution in [1.82, 2.24) is 14.8 Å². The quantitative estimate of drug-likeness (QED) is 0.575. The van der Waals surface area contributed by atoms with E-state index in [1.54, 1.807) is 35.4 Å². The minimum absolute atomic E-state index is 0.0221. The maximum atomic E-state index is 13.4. The number of carbonyl (C=O) groups excluding carboxylic acids is 2. The third-order valence-corrected chi connectivity index (χ3v) is 6.97. The van der Waals surface area contributed by atoms with Crippen molar-refractivity contribution in [2.75, 3.05) is 46.5 Å². The lowest BCUT2D eigenvalue weighted by molar-refractivity contribution is -0.153. The van der Waals surface area contributed by atoms with Crippen LogP contribution >= 0.6 is 11.6 Å². The van der Waals surface area contributed by atoms with Crippen molar-refractivity contribution in [3.05, 3.63) is 52.7 Å². The second-order valence-corrected chi connectivity index (χ2v) is 9.54. The lowest BCUT2D eigenvalue weighted by Crippen LogP contribution is -2.58. The summed E-state index contributed by atoms with van der Waals surface area (Å²) in [6, 6.07) is 8.83. The van der Waals surface area contributed by atoms with Crippen molar-refractivity contribution in [2.45, 2.75) is 38.2 Å². The Morgan fingerprint density at radius 3 is 2.69 bits per heavy atom. The van der Waals surface area contributed by atoms with Crippen LogP contribution < -0.4 is 9.47 Å². The molecule has 0 N–H and O–H groups in total. The third-order valence-electron chi connectivity index (χ3n) is 6.54. The molecule has 8 nitrogen and oxygen atoms in total. The Balaban J connectivity index is 1.56. The predicted octanol–water partition coefficient (Wildman–Crippen LogP) is 3.74. The lowest BCUT2D eigenvalue weighted by Gasteiger charge is -2.43. The van der Waals surface area contributed by atoms with E-state index in [4.69, 9.17) is 25.8 Å². The molecule has 0 saturated carbocycles. The smallest absolute Gasteiger partial charge is 0.259 e. The molecule has 2 aliphatic rings. The summed E-state index contributed by atoms with van der Waals surface area (Å²) in [5, 5.41) is 0.656. The molecule has 9 heteroatoms. The van der Waals surface area contributed by atoms with E-state index in [0.717, 1.165) is 37.9 Å². The van der Waals surface area contributed by atoms with Crippen LogP contribution in [0, 0.1) is 6.92 Å². The van der Waals surface area contributed by atoms with Gasteiger partial charge in [0.15, 0.2) is 0 Å². The fraction of sp³-hybridized carbons (Fsp3) is 0.500. The molecule has 2 aromatic rings.